The van der Waals surface area contributed by atoms with Gasteiger partial charge in [-0.15, -0.1) is 6.42 Å². The molecule has 0 fully saturated rings. The van der Waals surface area contributed by atoms with Crippen molar-refractivity contribution in [1.29, 1.82) is 0 Å². The largest absolute Gasteiger partial charge is 0.394 e. The van der Waals surface area contributed by atoms with Crippen molar-refractivity contribution >= 4 is 11.0 Å². The van der Waals surface area contributed by atoms with Crippen molar-refractivity contribution in [2.75, 3.05) is 6.61 Å². The molecule has 0 aliphatic heterocycles. The SMILES string of the molecule is C#CCn1cnc2c(cnn2CCO)c1=O. The fourth-order valence-corrected chi connectivity index (χ4v) is 1.47. The highest BCUT2D eigenvalue weighted by molar-refractivity contribution is 5.72. The van der Waals surface area contributed by atoms with Crippen molar-refractivity contribution in [2.24, 2.45) is 0 Å². The zero-order valence-corrected chi connectivity index (χ0v) is 8.50. The van der Waals surface area contributed by atoms with E-state index in [1.165, 1.54) is 21.8 Å². The second kappa shape index (κ2) is 4.16. The number of aromatic nitrogens is 4. The number of fused-ring (bicyclic) bond motifs is 1. The number of rotatable bonds is 3. The van der Waals surface area contributed by atoms with E-state index in [0.29, 0.717) is 17.6 Å². The lowest BCUT2D eigenvalue weighted by Gasteiger charge is -2.01. The standard InChI is InChI=1S/C10H10N4O2/c1-2-3-13-7-11-9-8(10(13)16)6-12-14(9)4-5-15/h1,6-7,15H,3-5H2. The van der Waals surface area contributed by atoms with Gasteiger partial charge in [0.25, 0.3) is 5.56 Å². The highest BCUT2D eigenvalue weighted by atomic mass is 16.3. The third-order valence-electron chi connectivity index (χ3n) is 2.20. The van der Waals surface area contributed by atoms with E-state index in [4.69, 9.17) is 11.5 Å². The minimum atomic E-state index is -0.216. The van der Waals surface area contributed by atoms with E-state index in [-0.39, 0.29) is 18.7 Å². The molecule has 0 aromatic carbocycles. The summed E-state index contributed by atoms with van der Waals surface area (Å²) in [5, 5.41) is 13.2. The van der Waals surface area contributed by atoms with Gasteiger partial charge in [0.15, 0.2) is 5.65 Å². The van der Waals surface area contributed by atoms with E-state index < -0.39 is 0 Å². The molecular formula is C10H10N4O2. The van der Waals surface area contributed by atoms with Gasteiger partial charge in [-0.1, -0.05) is 5.92 Å². The Hall–Kier alpha value is -2.13. The van der Waals surface area contributed by atoms with Gasteiger partial charge in [0.05, 0.1) is 25.9 Å². The fourth-order valence-electron chi connectivity index (χ4n) is 1.47. The summed E-state index contributed by atoms with van der Waals surface area (Å²) in [6.07, 6.45) is 7.96. The molecule has 82 valence electrons. The Kier molecular flexibility index (Phi) is 2.70. The summed E-state index contributed by atoms with van der Waals surface area (Å²) in [7, 11) is 0. The number of aliphatic hydroxyl groups is 1. The maximum absolute atomic E-state index is 11.8. The predicted octanol–water partition coefficient (Wildman–Crippen LogP) is -0.782. The molecule has 0 spiro atoms. The Morgan fingerprint density at radius 3 is 3.06 bits per heavy atom. The molecule has 0 bridgehead atoms. The lowest BCUT2D eigenvalue weighted by molar-refractivity contribution is 0.271. The lowest BCUT2D eigenvalue weighted by atomic mass is 10.4. The molecule has 6 heteroatoms. The number of nitrogens with zero attached hydrogens (tertiary/aromatic N) is 4. The van der Waals surface area contributed by atoms with Gasteiger partial charge < -0.3 is 5.11 Å². The molecule has 0 saturated carbocycles. The van der Waals surface area contributed by atoms with Crippen LogP contribution in [0.2, 0.25) is 0 Å². The summed E-state index contributed by atoms with van der Waals surface area (Å²) in [5.41, 5.74) is 0.250. The van der Waals surface area contributed by atoms with Gasteiger partial charge >= 0.3 is 0 Å². The zero-order chi connectivity index (χ0) is 11.5. The fraction of sp³-hybridized carbons (Fsp3) is 0.300. The summed E-state index contributed by atoms with van der Waals surface area (Å²) in [6, 6.07) is 0. The van der Waals surface area contributed by atoms with E-state index >= 15 is 0 Å². The van der Waals surface area contributed by atoms with Crippen molar-refractivity contribution < 1.29 is 5.11 Å². The smallest absolute Gasteiger partial charge is 0.265 e. The van der Waals surface area contributed by atoms with Crippen LogP contribution in [-0.2, 0) is 13.1 Å². The van der Waals surface area contributed by atoms with E-state index in [0.717, 1.165) is 0 Å². The summed E-state index contributed by atoms with van der Waals surface area (Å²) in [5.74, 6) is 2.38. The second-order valence-corrected chi connectivity index (χ2v) is 3.21. The zero-order valence-electron chi connectivity index (χ0n) is 8.50. The van der Waals surface area contributed by atoms with Crippen LogP contribution in [0, 0.1) is 12.3 Å². The van der Waals surface area contributed by atoms with E-state index in [2.05, 4.69) is 16.0 Å². The van der Waals surface area contributed by atoms with Crippen LogP contribution in [0.25, 0.3) is 11.0 Å². The minimum Gasteiger partial charge on any atom is -0.394 e. The van der Waals surface area contributed by atoms with Crippen LogP contribution in [0.4, 0.5) is 0 Å². The first-order valence-electron chi connectivity index (χ1n) is 4.73. The molecule has 0 atom stereocenters. The lowest BCUT2D eigenvalue weighted by Crippen LogP contribution is -2.20. The van der Waals surface area contributed by atoms with Crippen LogP contribution in [-0.4, -0.2) is 31.0 Å². The topological polar surface area (TPSA) is 72.9 Å². The molecule has 0 radical (unpaired) electrons. The first-order chi connectivity index (χ1) is 7.77. The Labute approximate surface area is 91.1 Å². The van der Waals surface area contributed by atoms with Gasteiger partial charge in [0.2, 0.25) is 0 Å². The van der Waals surface area contributed by atoms with Crippen LogP contribution < -0.4 is 5.56 Å². The van der Waals surface area contributed by atoms with Gasteiger partial charge in [-0.3, -0.25) is 9.36 Å². The molecule has 0 aliphatic rings. The van der Waals surface area contributed by atoms with Crippen LogP contribution >= 0.6 is 0 Å². The van der Waals surface area contributed by atoms with E-state index in [1.54, 1.807) is 0 Å². The first-order valence-corrected chi connectivity index (χ1v) is 4.73. The van der Waals surface area contributed by atoms with Crippen molar-refractivity contribution in [3.8, 4) is 12.3 Å². The van der Waals surface area contributed by atoms with Crippen LogP contribution in [0.15, 0.2) is 17.3 Å². The predicted molar refractivity (Wildman–Crippen MR) is 57.7 cm³/mol. The normalized spacial score (nSPS) is 10.5. The van der Waals surface area contributed by atoms with Crippen LogP contribution in [0.1, 0.15) is 0 Å². The molecule has 16 heavy (non-hydrogen) atoms. The Morgan fingerprint density at radius 1 is 1.56 bits per heavy atom. The number of aliphatic hydroxyl groups excluding tert-OH is 1. The number of hydrogen-bond acceptors (Lipinski definition) is 4. The first kappa shape index (κ1) is 10.4. The van der Waals surface area contributed by atoms with Gasteiger partial charge in [-0.05, 0) is 0 Å². The van der Waals surface area contributed by atoms with Gasteiger partial charge in [0, 0.05) is 0 Å². The summed E-state index contributed by atoms with van der Waals surface area (Å²) >= 11 is 0. The third kappa shape index (κ3) is 1.57. The molecule has 0 saturated heterocycles. The van der Waals surface area contributed by atoms with Crippen LogP contribution in [0.3, 0.4) is 0 Å². The summed E-state index contributed by atoms with van der Waals surface area (Å²) < 4.78 is 2.82. The van der Waals surface area contributed by atoms with Crippen molar-refractivity contribution in [3.63, 3.8) is 0 Å². The maximum atomic E-state index is 11.8. The quantitative estimate of drug-likeness (QED) is 0.686. The molecule has 2 aromatic rings. The molecule has 6 nitrogen and oxygen atoms in total. The van der Waals surface area contributed by atoms with E-state index in [9.17, 15) is 4.79 Å². The number of hydrogen-bond donors (Lipinski definition) is 1. The Bertz CT molecular complexity index is 605. The Balaban J connectivity index is 2.60. The van der Waals surface area contributed by atoms with E-state index in [1.807, 2.05) is 0 Å². The average molecular weight is 218 g/mol. The third-order valence-corrected chi connectivity index (χ3v) is 2.20. The minimum absolute atomic E-state index is 0.0497. The molecule has 0 unspecified atom stereocenters. The molecule has 2 rings (SSSR count). The monoisotopic (exact) mass is 218 g/mol. The molecular weight excluding hydrogens is 208 g/mol. The van der Waals surface area contributed by atoms with Gasteiger partial charge in [-0.2, -0.15) is 5.10 Å². The van der Waals surface area contributed by atoms with Crippen LogP contribution in [0.5, 0.6) is 0 Å². The van der Waals surface area contributed by atoms with Gasteiger partial charge in [-0.25, -0.2) is 9.67 Å². The number of terminal acetylenes is 1. The second-order valence-electron chi connectivity index (χ2n) is 3.21. The summed E-state index contributed by atoms with van der Waals surface area (Å²) in [6.45, 7) is 0.452. The highest BCUT2D eigenvalue weighted by Crippen LogP contribution is 2.04. The van der Waals surface area contributed by atoms with Gasteiger partial charge in [0.1, 0.15) is 11.7 Å². The average Bonchev–Trinajstić information content (AvgIpc) is 2.67. The molecule has 1 N–H and O–H groups in total. The summed E-state index contributed by atoms with van der Waals surface area (Å²) in [4.78, 5) is 15.9. The van der Waals surface area contributed by atoms with Crippen molar-refractivity contribution in [1.82, 2.24) is 19.3 Å². The van der Waals surface area contributed by atoms with Crippen molar-refractivity contribution in [3.05, 3.63) is 22.9 Å². The van der Waals surface area contributed by atoms with Crippen molar-refractivity contribution in [2.45, 2.75) is 13.1 Å². The molecule has 2 aromatic heterocycles. The Morgan fingerprint density at radius 2 is 2.38 bits per heavy atom. The maximum Gasteiger partial charge on any atom is 0.265 e. The molecule has 0 aliphatic carbocycles. The highest BCUT2D eigenvalue weighted by Gasteiger charge is 2.08. The molecule has 0 amide bonds. The molecule has 2 heterocycles.